The van der Waals surface area contributed by atoms with Gasteiger partial charge in [-0.3, -0.25) is 9.69 Å². The van der Waals surface area contributed by atoms with Crippen molar-refractivity contribution < 1.29 is 14.3 Å². The van der Waals surface area contributed by atoms with E-state index in [1.165, 1.54) is 4.90 Å². The highest BCUT2D eigenvalue weighted by molar-refractivity contribution is 6.09. The summed E-state index contributed by atoms with van der Waals surface area (Å²) in [5, 5.41) is 2.96. The smallest absolute Gasteiger partial charge is 0.325 e. The summed E-state index contributed by atoms with van der Waals surface area (Å²) < 4.78 is 5.62. The van der Waals surface area contributed by atoms with Gasteiger partial charge in [-0.25, -0.2) is 4.79 Å². The Bertz CT molecular complexity index is 731. The highest BCUT2D eigenvalue weighted by atomic mass is 16.5. The largest absolute Gasteiger partial charge is 0.376 e. The number of hydrogen-bond acceptors (Lipinski definition) is 3. The van der Waals surface area contributed by atoms with Crippen LogP contribution >= 0.6 is 0 Å². The first kappa shape index (κ1) is 15.8. The Morgan fingerprint density at radius 3 is 2.12 bits per heavy atom. The number of carbonyl (C=O) groups excluding carboxylic acids is 2. The van der Waals surface area contributed by atoms with Crippen molar-refractivity contribution in [2.75, 3.05) is 13.2 Å². The van der Waals surface area contributed by atoms with Gasteiger partial charge in [-0.2, -0.15) is 0 Å². The minimum absolute atomic E-state index is 0.0722. The van der Waals surface area contributed by atoms with Gasteiger partial charge in [-0.15, -0.1) is 0 Å². The number of nitrogens with one attached hydrogen (secondary N) is 1. The van der Waals surface area contributed by atoms with Gasteiger partial charge in [-0.05, 0) is 24.0 Å². The molecule has 2 aromatic carbocycles. The van der Waals surface area contributed by atoms with Crippen molar-refractivity contribution in [1.29, 1.82) is 0 Å². The summed E-state index contributed by atoms with van der Waals surface area (Å²) in [4.78, 5) is 27.4. The minimum atomic E-state index is -1.18. The fraction of sp³-hybridized carbons (Fsp3) is 0.300. The molecule has 2 aliphatic rings. The molecular formula is C20H20N2O3. The third-order valence-corrected chi connectivity index (χ3v) is 4.93. The fourth-order valence-electron chi connectivity index (χ4n) is 3.67. The van der Waals surface area contributed by atoms with Crippen LogP contribution < -0.4 is 5.32 Å². The maximum Gasteiger partial charge on any atom is 0.325 e. The lowest BCUT2D eigenvalue weighted by Gasteiger charge is -2.28. The Morgan fingerprint density at radius 2 is 1.60 bits per heavy atom. The van der Waals surface area contributed by atoms with Crippen LogP contribution in [0.2, 0.25) is 0 Å². The van der Waals surface area contributed by atoms with Crippen molar-refractivity contribution in [3.05, 3.63) is 71.8 Å². The molecule has 0 spiro atoms. The summed E-state index contributed by atoms with van der Waals surface area (Å²) in [5.41, 5.74) is 0.335. The molecule has 4 rings (SSSR count). The van der Waals surface area contributed by atoms with Crippen LogP contribution in [0.1, 0.15) is 24.0 Å². The summed E-state index contributed by atoms with van der Waals surface area (Å²) in [6, 6.07) is 18.4. The number of amides is 3. The molecule has 2 saturated heterocycles. The molecule has 128 valence electrons. The molecule has 1 atom stereocenters. The van der Waals surface area contributed by atoms with Gasteiger partial charge in [0, 0.05) is 6.61 Å². The third-order valence-electron chi connectivity index (χ3n) is 4.93. The average Bonchev–Trinajstić information content (AvgIpc) is 3.26. The number of urea groups is 1. The molecule has 2 fully saturated rings. The molecule has 0 bridgehead atoms. The van der Waals surface area contributed by atoms with E-state index < -0.39 is 5.54 Å². The molecule has 1 N–H and O–H groups in total. The van der Waals surface area contributed by atoms with Gasteiger partial charge in [-0.1, -0.05) is 60.7 Å². The van der Waals surface area contributed by atoms with Crippen molar-refractivity contribution in [3.8, 4) is 0 Å². The minimum Gasteiger partial charge on any atom is -0.376 e. The second-order valence-corrected chi connectivity index (χ2v) is 6.46. The SMILES string of the molecule is O=C1NC(c2ccccc2)(c2ccccc2)C(=O)N1CC1CCCO1. The van der Waals surface area contributed by atoms with E-state index >= 15 is 0 Å². The Balaban J connectivity index is 1.77. The Morgan fingerprint density at radius 1 is 1.00 bits per heavy atom. The van der Waals surface area contributed by atoms with Crippen molar-refractivity contribution in [2.24, 2.45) is 0 Å². The van der Waals surface area contributed by atoms with Crippen LogP contribution in [-0.4, -0.2) is 36.1 Å². The van der Waals surface area contributed by atoms with Gasteiger partial charge in [0.1, 0.15) is 0 Å². The second kappa shape index (κ2) is 6.33. The van der Waals surface area contributed by atoms with Gasteiger partial charge >= 0.3 is 6.03 Å². The summed E-state index contributed by atoms with van der Waals surface area (Å²) in [6.45, 7) is 0.989. The highest BCUT2D eigenvalue weighted by Gasteiger charge is 2.54. The van der Waals surface area contributed by atoms with E-state index in [1.54, 1.807) is 0 Å². The Hall–Kier alpha value is -2.66. The van der Waals surface area contributed by atoms with Crippen molar-refractivity contribution in [3.63, 3.8) is 0 Å². The summed E-state index contributed by atoms with van der Waals surface area (Å²) in [5.74, 6) is -0.245. The number of hydrogen-bond donors (Lipinski definition) is 1. The van der Waals surface area contributed by atoms with E-state index in [4.69, 9.17) is 4.74 Å². The van der Waals surface area contributed by atoms with E-state index in [2.05, 4.69) is 5.32 Å². The first-order chi connectivity index (χ1) is 12.2. The van der Waals surface area contributed by atoms with E-state index in [-0.39, 0.29) is 18.0 Å². The molecule has 5 heteroatoms. The molecule has 2 aliphatic heterocycles. The maximum atomic E-state index is 13.4. The molecule has 0 saturated carbocycles. The van der Waals surface area contributed by atoms with Crippen molar-refractivity contribution >= 4 is 11.9 Å². The zero-order chi connectivity index (χ0) is 17.3. The summed E-state index contributed by atoms with van der Waals surface area (Å²) >= 11 is 0. The molecule has 2 aromatic rings. The van der Waals surface area contributed by atoms with Gasteiger partial charge in [0.25, 0.3) is 5.91 Å². The Labute approximate surface area is 146 Å². The standard InChI is InChI=1S/C20H20N2O3/c23-18-20(15-8-3-1-4-9-15,16-10-5-2-6-11-16)21-19(24)22(18)14-17-12-7-13-25-17/h1-6,8-11,17H,7,12-14H2,(H,21,24). The third kappa shape index (κ3) is 2.61. The van der Waals surface area contributed by atoms with Gasteiger partial charge < -0.3 is 10.1 Å². The monoisotopic (exact) mass is 336 g/mol. The van der Waals surface area contributed by atoms with Crippen LogP contribution in [0.4, 0.5) is 4.79 Å². The Kier molecular flexibility index (Phi) is 4.01. The predicted octanol–water partition coefficient (Wildman–Crippen LogP) is 2.66. The van der Waals surface area contributed by atoms with Gasteiger partial charge in [0.2, 0.25) is 0 Å². The number of benzene rings is 2. The molecule has 0 radical (unpaired) electrons. The molecule has 25 heavy (non-hydrogen) atoms. The van der Waals surface area contributed by atoms with E-state index in [0.717, 1.165) is 24.0 Å². The van der Waals surface area contributed by atoms with Crippen LogP contribution in [0.25, 0.3) is 0 Å². The molecule has 3 amide bonds. The van der Waals surface area contributed by atoms with Crippen LogP contribution in [-0.2, 0) is 15.1 Å². The number of ether oxygens (including phenoxy) is 1. The topological polar surface area (TPSA) is 58.6 Å². The zero-order valence-electron chi connectivity index (χ0n) is 13.9. The average molecular weight is 336 g/mol. The lowest BCUT2D eigenvalue weighted by Crippen LogP contribution is -2.45. The molecule has 0 aliphatic carbocycles. The van der Waals surface area contributed by atoms with Crippen LogP contribution in [0.5, 0.6) is 0 Å². The molecule has 5 nitrogen and oxygen atoms in total. The maximum absolute atomic E-state index is 13.4. The summed E-state index contributed by atoms with van der Waals surface area (Å²) in [6.07, 6.45) is 1.77. The number of nitrogens with zero attached hydrogens (tertiary/aromatic N) is 1. The van der Waals surface area contributed by atoms with Crippen molar-refractivity contribution in [1.82, 2.24) is 10.2 Å². The van der Waals surface area contributed by atoms with Crippen LogP contribution in [0, 0.1) is 0 Å². The molecule has 0 aromatic heterocycles. The first-order valence-electron chi connectivity index (χ1n) is 8.58. The van der Waals surface area contributed by atoms with Crippen LogP contribution in [0.3, 0.4) is 0 Å². The van der Waals surface area contributed by atoms with Crippen molar-refractivity contribution in [2.45, 2.75) is 24.5 Å². The molecule has 1 unspecified atom stereocenters. The van der Waals surface area contributed by atoms with Gasteiger partial charge in [0.05, 0.1) is 12.6 Å². The van der Waals surface area contributed by atoms with E-state index in [0.29, 0.717) is 13.2 Å². The lowest BCUT2D eigenvalue weighted by molar-refractivity contribution is -0.131. The summed E-state index contributed by atoms with van der Waals surface area (Å²) in [7, 11) is 0. The quantitative estimate of drug-likeness (QED) is 0.873. The normalized spacial score (nSPS) is 22.2. The zero-order valence-corrected chi connectivity index (χ0v) is 13.9. The molecule has 2 heterocycles. The number of carbonyl (C=O) groups is 2. The fourth-order valence-corrected chi connectivity index (χ4v) is 3.67. The molecular weight excluding hydrogens is 316 g/mol. The number of rotatable bonds is 4. The number of imide groups is 1. The second-order valence-electron chi connectivity index (χ2n) is 6.46. The van der Waals surface area contributed by atoms with Gasteiger partial charge in [0.15, 0.2) is 5.54 Å². The lowest BCUT2D eigenvalue weighted by atomic mass is 9.82. The van der Waals surface area contributed by atoms with Crippen LogP contribution in [0.15, 0.2) is 60.7 Å². The predicted molar refractivity (Wildman–Crippen MR) is 92.9 cm³/mol. The first-order valence-corrected chi connectivity index (χ1v) is 8.58. The van der Waals surface area contributed by atoms with E-state index in [9.17, 15) is 9.59 Å². The highest BCUT2D eigenvalue weighted by Crippen LogP contribution is 2.36. The van der Waals surface area contributed by atoms with E-state index in [1.807, 2.05) is 60.7 Å².